The Balaban J connectivity index is 1.53. The van der Waals surface area contributed by atoms with Crippen LogP contribution in [0.1, 0.15) is 29.2 Å². The van der Waals surface area contributed by atoms with Gasteiger partial charge in [-0.05, 0) is 30.5 Å². The van der Waals surface area contributed by atoms with Gasteiger partial charge in [-0.2, -0.15) is 4.98 Å². The molecule has 1 unspecified atom stereocenters. The summed E-state index contributed by atoms with van der Waals surface area (Å²) in [5, 5.41) is 3.82. The summed E-state index contributed by atoms with van der Waals surface area (Å²) < 4.78 is 7.78. The molecule has 0 amide bonds. The molecule has 0 radical (unpaired) electrons. The van der Waals surface area contributed by atoms with Crippen LogP contribution in [-0.2, 0) is 6.42 Å². The van der Waals surface area contributed by atoms with Crippen molar-refractivity contribution in [1.29, 1.82) is 0 Å². The molecule has 37 heavy (non-hydrogen) atoms. The van der Waals surface area contributed by atoms with Gasteiger partial charge in [-0.3, -0.25) is 0 Å². The molecule has 5 rings (SSSR count). The molecule has 0 aliphatic heterocycles. The second-order valence-corrected chi connectivity index (χ2v) is 9.30. The number of fused-ring (bicyclic) bond motifs is 1. The highest BCUT2D eigenvalue weighted by atomic mass is 35.5. The summed E-state index contributed by atoms with van der Waals surface area (Å²) in [6, 6.07) is 16.4. The van der Waals surface area contributed by atoms with Crippen molar-refractivity contribution in [3.05, 3.63) is 108 Å². The van der Waals surface area contributed by atoms with Gasteiger partial charge in [-0.1, -0.05) is 60.7 Å². The lowest BCUT2D eigenvalue weighted by Gasteiger charge is -2.21. The standard InChI is InChI=1S/C29H29ClN6O/c1-4-15-35(3)28-23-13-12-22(20-9-7-6-8-10-20)27(23)33-29(34-28)32-21-11-14-24(25(17-21)37-16-5-2)36-18-26(30)31-19-36/h4-11,14,17-19,22H,1-2,12-13,15-16H2,3H3,(H,32,33,34). The number of benzene rings is 2. The molecule has 0 saturated heterocycles. The third-order valence-corrected chi connectivity index (χ3v) is 6.59. The first-order chi connectivity index (χ1) is 18.1. The molecule has 0 bridgehead atoms. The van der Waals surface area contributed by atoms with Crippen LogP contribution < -0.4 is 15.0 Å². The first-order valence-corrected chi connectivity index (χ1v) is 12.6. The van der Waals surface area contributed by atoms with Crippen LogP contribution in [0, 0.1) is 0 Å². The maximum atomic E-state index is 6.04. The number of nitrogens with zero attached hydrogens (tertiary/aromatic N) is 5. The second-order valence-electron chi connectivity index (χ2n) is 8.92. The highest BCUT2D eigenvalue weighted by molar-refractivity contribution is 6.29. The Hall–Kier alpha value is -4.10. The van der Waals surface area contributed by atoms with Crippen molar-refractivity contribution in [2.24, 2.45) is 0 Å². The van der Waals surface area contributed by atoms with E-state index in [1.165, 1.54) is 11.1 Å². The Kier molecular flexibility index (Phi) is 7.23. The van der Waals surface area contributed by atoms with Crippen LogP contribution in [0.5, 0.6) is 5.75 Å². The molecule has 0 saturated carbocycles. The molecule has 2 aromatic carbocycles. The van der Waals surface area contributed by atoms with Gasteiger partial charge in [0.05, 0.1) is 11.4 Å². The maximum absolute atomic E-state index is 6.04. The molecular weight excluding hydrogens is 484 g/mol. The summed E-state index contributed by atoms with van der Waals surface area (Å²) in [6.45, 7) is 8.73. The summed E-state index contributed by atoms with van der Waals surface area (Å²) in [6.07, 6.45) is 8.93. The summed E-state index contributed by atoms with van der Waals surface area (Å²) in [4.78, 5) is 16.2. The molecule has 4 aromatic rings. The number of rotatable bonds is 10. The number of imidazole rings is 1. The molecule has 1 N–H and O–H groups in total. The summed E-state index contributed by atoms with van der Waals surface area (Å²) >= 11 is 6.04. The van der Waals surface area contributed by atoms with Gasteiger partial charge in [-0.25, -0.2) is 9.97 Å². The largest absolute Gasteiger partial charge is 0.487 e. The third kappa shape index (κ3) is 5.22. The number of hydrogen-bond acceptors (Lipinski definition) is 6. The average molecular weight is 513 g/mol. The molecule has 1 atom stereocenters. The Morgan fingerprint density at radius 2 is 2.00 bits per heavy atom. The number of nitrogens with one attached hydrogen (secondary N) is 1. The van der Waals surface area contributed by atoms with E-state index in [9.17, 15) is 0 Å². The Bertz CT molecular complexity index is 1420. The van der Waals surface area contributed by atoms with E-state index in [1.807, 2.05) is 42.0 Å². The number of anilines is 3. The van der Waals surface area contributed by atoms with Crippen molar-refractivity contribution in [1.82, 2.24) is 19.5 Å². The molecule has 8 heteroatoms. The average Bonchev–Trinajstić information content (AvgIpc) is 3.54. The van der Waals surface area contributed by atoms with Gasteiger partial charge in [0.2, 0.25) is 5.95 Å². The van der Waals surface area contributed by atoms with E-state index in [-0.39, 0.29) is 5.92 Å². The molecule has 2 aromatic heterocycles. The van der Waals surface area contributed by atoms with Crippen molar-refractivity contribution in [3.8, 4) is 11.4 Å². The predicted molar refractivity (Wildman–Crippen MR) is 150 cm³/mol. The monoisotopic (exact) mass is 512 g/mol. The van der Waals surface area contributed by atoms with Crippen LogP contribution in [0.4, 0.5) is 17.5 Å². The molecule has 1 aliphatic rings. The highest BCUT2D eigenvalue weighted by Gasteiger charge is 2.30. The zero-order chi connectivity index (χ0) is 25.8. The molecule has 0 fully saturated rings. The van der Waals surface area contributed by atoms with Crippen LogP contribution in [0.2, 0.25) is 5.15 Å². The van der Waals surface area contributed by atoms with Crippen LogP contribution in [-0.4, -0.2) is 39.7 Å². The molecular formula is C29H29ClN6O. The number of ether oxygens (including phenoxy) is 1. The van der Waals surface area contributed by atoms with Gasteiger partial charge >= 0.3 is 0 Å². The number of hydrogen-bond donors (Lipinski definition) is 1. The smallest absolute Gasteiger partial charge is 0.229 e. The number of halogens is 1. The van der Waals surface area contributed by atoms with E-state index in [0.29, 0.717) is 30.0 Å². The lowest BCUT2D eigenvalue weighted by molar-refractivity contribution is 0.362. The van der Waals surface area contributed by atoms with E-state index in [0.717, 1.165) is 35.7 Å². The topological polar surface area (TPSA) is 68.1 Å². The third-order valence-electron chi connectivity index (χ3n) is 6.40. The van der Waals surface area contributed by atoms with Crippen LogP contribution in [0.15, 0.2) is 86.4 Å². The SMILES string of the molecule is C=CCOc1cc(Nc2nc3c(c(N(C)CC=C)n2)CCC3c2ccccc2)ccc1-n1cnc(Cl)c1. The highest BCUT2D eigenvalue weighted by Crippen LogP contribution is 2.41. The Morgan fingerprint density at radius 3 is 2.73 bits per heavy atom. The fraction of sp³-hybridized carbons (Fsp3) is 0.207. The van der Waals surface area contributed by atoms with Gasteiger partial charge in [0.1, 0.15) is 29.7 Å². The van der Waals surface area contributed by atoms with Crippen LogP contribution in [0.25, 0.3) is 5.69 Å². The maximum Gasteiger partial charge on any atom is 0.229 e. The van der Waals surface area contributed by atoms with Crippen molar-refractivity contribution in [3.63, 3.8) is 0 Å². The second kappa shape index (κ2) is 10.9. The minimum atomic E-state index is 0.232. The van der Waals surface area contributed by atoms with Gasteiger partial charge in [0.15, 0.2) is 0 Å². The molecule has 188 valence electrons. The van der Waals surface area contributed by atoms with E-state index in [4.69, 9.17) is 26.3 Å². The zero-order valence-electron chi connectivity index (χ0n) is 20.8. The first kappa shape index (κ1) is 24.6. The normalized spacial score (nSPS) is 14.2. The molecule has 7 nitrogen and oxygen atoms in total. The van der Waals surface area contributed by atoms with Crippen molar-refractivity contribution in [2.45, 2.75) is 18.8 Å². The van der Waals surface area contributed by atoms with E-state index in [2.05, 4.69) is 52.6 Å². The number of likely N-dealkylation sites (N-methyl/N-ethyl adjacent to an activating group) is 1. The van der Waals surface area contributed by atoms with E-state index >= 15 is 0 Å². The molecule has 1 aliphatic carbocycles. The molecule has 2 heterocycles. The fourth-order valence-electron chi connectivity index (χ4n) is 4.73. The van der Waals surface area contributed by atoms with Crippen LogP contribution in [0.3, 0.4) is 0 Å². The quantitative estimate of drug-likeness (QED) is 0.251. The summed E-state index contributed by atoms with van der Waals surface area (Å²) in [7, 11) is 2.04. The van der Waals surface area contributed by atoms with Crippen LogP contribution >= 0.6 is 11.6 Å². The van der Waals surface area contributed by atoms with E-state index < -0.39 is 0 Å². The predicted octanol–water partition coefficient (Wildman–Crippen LogP) is 6.32. The zero-order valence-corrected chi connectivity index (χ0v) is 21.5. The van der Waals surface area contributed by atoms with Gasteiger partial charge in [0.25, 0.3) is 0 Å². The minimum absolute atomic E-state index is 0.232. The Labute approximate surface area is 222 Å². The first-order valence-electron chi connectivity index (χ1n) is 12.2. The van der Waals surface area contributed by atoms with Gasteiger partial charge in [-0.15, -0.1) is 6.58 Å². The molecule has 0 spiro atoms. The fourth-order valence-corrected chi connectivity index (χ4v) is 4.88. The van der Waals surface area contributed by atoms with Crippen molar-refractivity contribution >= 4 is 29.1 Å². The van der Waals surface area contributed by atoms with Gasteiger partial charge < -0.3 is 19.5 Å². The van der Waals surface area contributed by atoms with Crippen molar-refractivity contribution in [2.75, 3.05) is 30.4 Å². The number of aromatic nitrogens is 4. The summed E-state index contributed by atoms with van der Waals surface area (Å²) in [5.74, 6) is 2.36. The van der Waals surface area contributed by atoms with Crippen molar-refractivity contribution < 1.29 is 4.74 Å². The lowest BCUT2D eigenvalue weighted by atomic mass is 9.97. The Morgan fingerprint density at radius 1 is 1.16 bits per heavy atom. The lowest BCUT2D eigenvalue weighted by Crippen LogP contribution is -2.21. The minimum Gasteiger partial charge on any atom is -0.487 e. The van der Waals surface area contributed by atoms with Gasteiger partial charge in [0, 0.05) is 43.0 Å². The van der Waals surface area contributed by atoms with E-state index in [1.54, 1.807) is 18.6 Å². The summed E-state index contributed by atoms with van der Waals surface area (Å²) in [5.41, 5.74) is 5.16.